The van der Waals surface area contributed by atoms with Crippen molar-refractivity contribution in [3.8, 4) is 0 Å². The summed E-state index contributed by atoms with van der Waals surface area (Å²) in [6.07, 6.45) is 4.60. The maximum absolute atomic E-state index is 13.3. The predicted molar refractivity (Wildman–Crippen MR) is 90.8 cm³/mol. The van der Waals surface area contributed by atoms with Gasteiger partial charge in [0.1, 0.15) is 5.82 Å². The number of anilines is 1. The maximum Gasteiger partial charge on any atom is 0.234 e. The van der Waals surface area contributed by atoms with E-state index in [0.717, 1.165) is 30.0 Å². The van der Waals surface area contributed by atoms with E-state index in [1.807, 2.05) is 24.7 Å². The summed E-state index contributed by atoms with van der Waals surface area (Å²) in [6, 6.07) is 1.59. The van der Waals surface area contributed by atoms with Crippen molar-refractivity contribution in [3.05, 3.63) is 29.7 Å². The van der Waals surface area contributed by atoms with Crippen LogP contribution in [0.3, 0.4) is 0 Å². The number of aromatic nitrogens is 4. The van der Waals surface area contributed by atoms with Crippen molar-refractivity contribution in [2.24, 2.45) is 13.0 Å². The Balaban J connectivity index is 1.70. The van der Waals surface area contributed by atoms with E-state index in [2.05, 4.69) is 10.2 Å². The molecular formula is C17H22N6O2. The lowest BCUT2D eigenvalue weighted by molar-refractivity contribution is -0.128. The molecule has 8 nitrogen and oxygen atoms in total. The van der Waals surface area contributed by atoms with Crippen molar-refractivity contribution >= 4 is 17.6 Å². The number of hydrogen-bond acceptors (Lipinski definition) is 4. The van der Waals surface area contributed by atoms with Crippen LogP contribution in [0.1, 0.15) is 30.1 Å². The molecule has 1 fully saturated rings. The molecule has 4 heterocycles. The molecule has 2 aliphatic heterocycles. The molecule has 132 valence electrons. The van der Waals surface area contributed by atoms with Gasteiger partial charge in [0.05, 0.1) is 24.4 Å². The average Bonchev–Trinajstić information content (AvgIpc) is 3.28. The number of fused-ring (bicyclic) bond motifs is 1. The summed E-state index contributed by atoms with van der Waals surface area (Å²) in [6.45, 7) is 3.45. The minimum Gasteiger partial charge on any atom is -0.338 e. The van der Waals surface area contributed by atoms with Crippen LogP contribution in [-0.4, -0.2) is 49.9 Å². The monoisotopic (exact) mass is 342 g/mol. The Morgan fingerprint density at radius 1 is 1.24 bits per heavy atom. The molecule has 0 aromatic carbocycles. The van der Waals surface area contributed by atoms with Gasteiger partial charge < -0.3 is 4.90 Å². The number of carbonyl (C=O) groups is 2. The predicted octanol–water partition coefficient (Wildman–Crippen LogP) is 0.881. The molecule has 0 N–H and O–H groups in total. The molecular weight excluding hydrogens is 320 g/mol. The number of aryl methyl sites for hydroxylation is 2. The third-order valence-corrected chi connectivity index (χ3v) is 5.48. The Bertz CT molecular complexity index is 838. The fraction of sp³-hybridized carbons (Fsp3) is 0.529. The van der Waals surface area contributed by atoms with Crippen LogP contribution in [0.2, 0.25) is 0 Å². The van der Waals surface area contributed by atoms with E-state index in [9.17, 15) is 9.59 Å². The van der Waals surface area contributed by atoms with E-state index in [-0.39, 0.29) is 24.3 Å². The molecule has 4 rings (SSSR count). The zero-order chi connectivity index (χ0) is 17.7. The van der Waals surface area contributed by atoms with Crippen molar-refractivity contribution in [3.63, 3.8) is 0 Å². The molecule has 0 radical (unpaired) electrons. The first-order chi connectivity index (χ1) is 12.0. The molecule has 0 unspecified atom stereocenters. The second kappa shape index (κ2) is 5.72. The van der Waals surface area contributed by atoms with Gasteiger partial charge in [-0.1, -0.05) is 0 Å². The first-order valence-electron chi connectivity index (χ1n) is 8.56. The van der Waals surface area contributed by atoms with Crippen LogP contribution in [0.25, 0.3) is 0 Å². The van der Waals surface area contributed by atoms with Gasteiger partial charge >= 0.3 is 0 Å². The smallest absolute Gasteiger partial charge is 0.234 e. The summed E-state index contributed by atoms with van der Waals surface area (Å²) in [5, 5.41) is 8.57. The van der Waals surface area contributed by atoms with Crippen LogP contribution >= 0.6 is 0 Å². The fourth-order valence-corrected chi connectivity index (χ4v) is 3.97. The second-order valence-corrected chi connectivity index (χ2v) is 6.83. The lowest BCUT2D eigenvalue weighted by atomic mass is 9.92. The van der Waals surface area contributed by atoms with Gasteiger partial charge in [0, 0.05) is 50.9 Å². The van der Waals surface area contributed by atoms with E-state index in [0.29, 0.717) is 6.54 Å². The Labute approximate surface area is 146 Å². The molecule has 25 heavy (non-hydrogen) atoms. The normalized spacial score (nSPS) is 23.2. The number of rotatable bonds is 2. The second-order valence-electron chi connectivity index (χ2n) is 6.83. The lowest BCUT2D eigenvalue weighted by Gasteiger charge is -2.32. The molecule has 1 saturated heterocycles. The highest BCUT2D eigenvalue weighted by molar-refractivity contribution is 5.99. The highest BCUT2D eigenvalue weighted by Crippen LogP contribution is 2.40. The Kier molecular flexibility index (Phi) is 3.63. The van der Waals surface area contributed by atoms with E-state index in [1.54, 1.807) is 33.9 Å². The van der Waals surface area contributed by atoms with Gasteiger partial charge in [-0.3, -0.25) is 19.2 Å². The summed E-state index contributed by atoms with van der Waals surface area (Å²) in [7, 11) is 3.64. The third kappa shape index (κ3) is 2.35. The van der Waals surface area contributed by atoms with Gasteiger partial charge in [0.2, 0.25) is 11.8 Å². The summed E-state index contributed by atoms with van der Waals surface area (Å²) >= 11 is 0. The van der Waals surface area contributed by atoms with E-state index >= 15 is 0 Å². The number of hydrogen-bond donors (Lipinski definition) is 0. The third-order valence-electron chi connectivity index (χ3n) is 5.48. The zero-order valence-electron chi connectivity index (χ0n) is 14.7. The highest BCUT2D eigenvalue weighted by atomic mass is 16.2. The Morgan fingerprint density at radius 3 is 2.76 bits per heavy atom. The number of amides is 2. The van der Waals surface area contributed by atoms with Gasteiger partial charge in [-0.05, 0) is 13.3 Å². The van der Waals surface area contributed by atoms with Crippen LogP contribution < -0.4 is 4.90 Å². The van der Waals surface area contributed by atoms with Crippen LogP contribution in [-0.2, 0) is 23.2 Å². The molecule has 0 saturated carbocycles. The van der Waals surface area contributed by atoms with Crippen LogP contribution in [0.15, 0.2) is 18.5 Å². The van der Waals surface area contributed by atoms with Gasteiger partial charge in [0.15, 0.2) is 0 Å². The fourth-order valence-electron chi connectivity index (χ4n) is 3.97. The van der Waals surface area contributed by atoms with Gasteiger partial charge in [-0.15, -0.1) is 0 Å². The van der Waals surface area contributed by atoms with Crippen molar-refractivity contribution in [2.75, 3.05) is 18.5 Å². The lowest BCUT2D eigenvalue weighted by Crippen LogP contribution is -2.42. The molecule has 2 amide bonds. The maximum atomic E-state index is 13.3. The van der Waals surface area contributed by atoms with Crippen molar-refractivity contribution < 1.29 is 9.59 Å². The highest BCUT2D eigenvalue weighted by Gasteiger charge is 2.46. The standard InChI is InChI=1S/C17H22N6O2/c1-11-13(10-19-21(11)3)16-12(9-15(24)20(16)2)17(25)22-7-4-8-23-14(22)5-6-18-23/h5-6,10,12,16H,4,7-9H2,1-3H3/t12-,16-/m0/s1. The summed E-state index contributed by atoms with van der Waals surface area (Å²) < 4.78 is 3.63. The van der Waals surface area contributed by atoms with Gasteiger partial charge in [-0.25, -0.2) is 4.68 Å². The quantitative estimate of drug-likeness (QED) is 0.812. The van der Waals surface area contributed by atoms with E-state index in [4.69, 9.17) is 0 Å². The van der Waals surface area contributed by atoms with Crippen LogP contribution in [0.5, 0.6) is 0 Å². The summed E-state index contributed by atoms with van der Waals surface area (Å²) in [4.78, 5) is 29.2. The summed E-state index contributed by atoms with van der Waals surface area (Å²) in [5.41, 5.74) is 1.92. The number of carbonyl (C=O) groups excluding carboxylic acids is 2. The van der Waals surface area contributed by atoms with Crippen LogP contribution in [0.4, 0.5) is 5.82 Å². The largest absolute Gasteiger partial charge is 0.338 e. The number of nitrogens with zero attached hydrogens (tertiary/aromatic N) is 6. The minimum absolute atomic E-state index is 0.00267. The SMILES string of the molecule is Cc1c([C@@H]2[C@@H](C(=O)N3CCCn4nccc43)CC(=O)N2C)cnn1C. The molecule has 2 aliphatic rings. The molecule has 0 spiro atoms. The number of likely N-dealkylation sites (tertiary alicyclic amines) is 1. The Morgan fingerprint density at radius 2 is 2.04 bits per heavy atom. The Hall–Kier alpha value is -2.64. The first-order valence-corrected chi connectivity index (χ1v) is 8.56. The molecule has 0 bridgehead atoms. The molecule has 0 aliphatic carbocycles. The first kappa shape index (κ1) is 15.9. The topological polar surface area (TPSA) is 76.3 Å². The minimum atomic E-state index is -0.401. The molecule has 8 heteroatoms. The van der Waals surface area contributed by atoms with E-state index < -0.39 is 5.92 Å². The zero-order valence-corrected chi connectivity index (χ0v) is 14.7. The summed E-state index contributed by atoms with van der Waals surface area (Å²) in [5.74, 6) is 0.409. The van der Waals surface area contributed by atoms with Crippen molar-refractivity contribution in [1.82, 2.24) is 24.5 Å². The van der Waals surface area contributed by atoms with E-state index in [1.165, 1.54) is 0 Å². The molecule has 2 aromatic rings. The molecule has 2 aromatic heterocycles. The van der Waals surface area contributed by atoms with Crippen molar-refractivity contribution in [1.29, 1.82) is 0 Å². The molecule has 2 atom stereocenters. The van der Waals surface area contributed by atoms with Gasteiger partial charge in [-0.2, -0.15) is 10.2 Å². The van der Waals surface area contributed by atoms with Crippen LogP contribution in [0, 0.1) is 12.8 Å². The average molecular weight is 342 g/mol. The van der Waals surface area contributed by atoms with Gasteiger partial charge in [0.25, 0.3) is 0 Å². The van der Waals surface area contributed by atoms with Crippen molar-refractivity contribution in [2.45, 2.75) is 32.4 Å².